The van der Waals surface area contributed by atoms with Gasteiger partial charge in [-0.25, -0.2) is 0 Å². The molecule has 8 heteroatoms. The number of anilines is 1. The summed E-state index contributed by atoms with van der Waals surface area (Å²) in [6, 6.07) is 0. The molecule has 0 spiro atoms. The minimum Gasteiger partial charge on any atom is -0.356 e. The van der Waals surface area contributed by atoms with Gasteiger partial charge in [-0.05, 0) is 30.4 Å². The van der Waals surface area contributed by atoms with Gasteiger partial charge in [-0.2, -0.15) is 15.1 Å². The fourth-order valence-electron chi connectivity index (χ4n) is 2.67. The Kier molecular flexibility index (Phi) is 3.92. The second-order valence-corrected chi connectivity index (χ2v) is 5.65. The molecule has 2 aromatic rings. The van der Waals surface area contributed by atoms with E-state index in [2.05, 4.69) is 30.4 Å². The predicted octanol–water partition coefficient (Wildman–Crippen LogP) is 1.36. The molecule has 0 radical (unpaired) electrons. The quantitative estimate of drug-likeness (QED) is 0.836. The number of carbonyl (C=O) groups is 1. The molecule has 1 fully saturated rings. The first-order valence-electron chi connectivity index (χ1n) is 6.99. The molecule has 21 heavy (non-hydrogen) atoms. The normalized spacial score (nSPS) is 16.4. The Morgan fingerprint density at radius 3 is 2.95 bits per heavy atom. The molecule has 0 saturated carbocycles. The molecule has 112 valence electrons. The lowest BCUT2D eigenvalue weighted by molar-refractivity contribution is -0.119. The van der Waals surface area contributed by atoms with Crippen molar-refractivity contribution in [2.75, 3.05) is 24.5 Å². The SMILES string of the molecule is CC(=O)NCC1CCN(c2nc(Cl)nc3[nH]ncc23)CC1. The molecule has 0 atom stereocenters. The minimum atomic E-state index is 0.0279. The summed E-state index contributed by atoms with van der Waals surface area (Å²) in [6.07, 6.45) is 3.76. The molecule has 7 nitrogen and oxygen atoms in total. The van der Waals surface area contributed by atoms with E-state index in [9.17, 15) is 4.79 Å². The topological polar surface area (TPSA) is 86.8 Å². The van der Waals surface area contributed by atoms with Crippen LogP contribution in [0, 0.1) is 5.92 Å². The van der Waals surface area contributed by atoms with Crippen molar-refractivity contribution in [3.63, 3.8) is 0 Å². The lowest BCUT2D eigenvalue weighted by atomic mass is 9.96. The van der Waals surface area contributed by atoms with Crippen LogP contribution in [0.5, 0.6) is 0 Å². The zero-order valence-electron chi connectivity index (χ0n) is 11.8. The molecule has 1 amide bonds. The van der Waals surface area contributed by atoms with Crippen molar-refractivity contribution in [3.8, 4) is 0 Å². The Bertz CT molecular complexity index is 649. The number of nitrogens with zero attached hydrogens (tertiary/aromatic N) is 4. The van der Waals surface area contributed by atoms with Crippen LogP contribution in [0.4, 0.5) is 5.82 Å². The smallest absolute Gasteiger partial charge is 0.226 e. The van der Waals surface area contributed by atoms with Crippen LogP contribution in [0.15, 0.2) is 6.20 Å². The lowest BCUT2D eigenvalue weighted by Gasteiger charge is -2.33. The van der Waals surface area contributed by atoms with Crippen LogP contribution >= 0.6 is 11.6 Å². The molecule has 0 unspecified atom stereocenters. The fraction of sp³-hybridized carbons (Fsp3) is 0.538. The molecule has 0 aromatic carbocycles. The molecule has 2 N–H and O–H groups in total. The van der Waals surface area contributed by atoms with E-state index in [0.29, 0.717) is 11.6 Å². The highest BCUT2D eigenvalue weighted by Gasteiger charge is 2.22. The number of hydrogen-bond donors (Lipinski definition) is 2. The highest BCUT2D eigenvalue weighted by molar-refractivity contribution is 6.28. The van der Waals surface area contributed by atoms with Gasteiger partial charge in [0.25, 0.3) is 0 Å². The van der Waals surface area contributed by atoms with E-state index < -0.39 is 0 Å². The molecule has 1 aliphatic heterocycles. The molecule has 0 bridgehead atoms. The first kappa shape index (κ1) is 14.1. The average Bonchev–Trinajstić information content (AvgIpc) is 2.93. The third-order valence-corrected chi connectivity index (χ3v) is 3.99. The summed E-state index contributed by atoms with van der Waals surface area (Å²) in [6.45, 7) is 4.07. The second kappa shape index (κ2) is 5.85. The average molecular weight is 309 g/mol. The van der Waals surface area contributed by atoms with Gasteiger partial charge in [0.05, 0.1) is 11.6 Å². The Balaban J connectivity index is 1.71. The van der Waals surface area contributed by atoms with Crippen molar-refractivity contribution >= 4 is 34.4 Å². The molecular formula is C13H17ClN6O. The molecule has 3 heterocycles. The van der Waals surface area contributed by atoms with Gasteiger partial charge >= 0.3 is 0 Å². The number of piperidine rings is 1. The van der Waals surface area contributed by atoms with E-state index >= 15 is 0 Å². The van der Waals surface area contributed by atoms with E-state index in [1.165, 1.54) is 0 Å². The van der Waals surface area contributed by atoms with Crippen LogP contribution in [0.3, 0.4) is 0 Å². The van der Waals surface area contributed by atoms with Gasteiger partial charge in [-0.3, -0.25) is 9.89 Å². The summed E-state index contributed by atoms with van der Waals surface area (Å²) < 4.78 is 0. The Hall–Kier alpha value is -1.89. The van der Waals surface area contributed by atoms with E-state index in [4.69, 9.17) is 11.6 Å². The minimum absolute atomic E-state index is 0.0279. The summed E-state index contributed by atoms with van der Waals surface area (Å²) in [5.74, 6) is 1.37. The van der Waals surface area contributed by atoms with Gasteiger partial charge in [0, 0.05) is 26.6 Å². The van der Waals surface area contributed by atoms with E-state index in [1.807, 2.05) is 0 Å². The number of H-pyrrole nitrogens is 1. The predicted molar refractivity (Wildman–Crippen MR) is 80.3 cm³/mol. The van der Waals surface area contributed by atoms with Crippen LogP contribution < -0.4 is 10.2 Å². The second-order valence-electron chi connectivity index (χ2n) is 5.32. The maximum Gasteiger partial charge on any atom is 0.226 e. The summed E-state index contributed by atoms with van der Waals surface area (Å²) in [5.41, 5.74) is 0.658. The lowest BCUT2D eigenvalue weighted by Crippen LogP contribution is -2.38. The standard InChI is InChI=1S/C13H17ClN6O/c1-8(21)15-6-9-2-4-20(5-3-9)12-10-7-16-19-11(10)17-13(14)18-12/h7,9H,2-6H2,1H3,(H,15,21)(H,16,17,18,19). The van der Waals surface area contributed by atoms with Crippen LogP contribution in [0.2, 0.25) is 5.28 Å². The van der Waals surface area contributed by atoms with Gasteiger partial charge in [-0.1, -0.05) is 0 Å². The van der Waals surface area contributed by atoms with Crippen molar-refractivity contribution < 1.29 is 4.79 Å². The zero-order valence-corrected chi connectivity index (χ0v) is 12.5. The van der Waals surface area contributed by atoms with Gasteiger partial charge in [0.2, 0.25) is 11.2 Å². The van der Waals surface area contributed by atoms with Crippen LogP contribution in [-0.4, -0.2) is 45.7 Å². The summed E-state index contributed by atoms with van der Waals surface area (Å²) in [4.78, 5) is 21.6. The van der Waals surface area contributed by atoms with Gasteiger partial charge < -0.3 is 10.2 Å². The fourth-order valence-corrected chi connectivity index (χ4v) is 2.84. The number of nitrogens with one attached hydrogen (secondary N) is 2. The van der Waals surface area contributed by atoms with E-state index in [0.717, 1.165) is 43.7 Å². The molecule has 0 aliphatic carbocycles. The summed E-state index contributed by atoms with van der Waals surface area (Å²) >= 11 is 5.97. The third kappa shape index (κ3) is 3.07. The number of halogens is 1. The molecule has 1 saturated heterocycles. The zero-order chi connectivity index (χ0) is 14.8. The Morgan fingerprint density at radius 2 is 2.24 bits per heavy atom. The van der Waals surface area contributed by atoms with Crippen molar-refractivity contribution in [2.24, 2.45) is 5.92 Å². The highest BCUT2D eigenvalue weighted by atomic mass is 35.5. The van der Waals surface area contributed by atoms with Crippen LogP contribution in [0.1, 0.15) is 19.8 Å². The van der Waals surface area contributed by atoms with Gasteiger partial charge in [0.15, 0.2) is 5.65 Å². The number of fused-ring (bicyclic) bond motifs is 1. The number of hydrogen-bond acceptors (Lipinski definition) is 5. The maximum atomic E-state index is 11.0. The Labute approximate surface area is 127 Å². The van der Waals surface area contributed by atoms with Gasteiger partial charge in [-0.15, -0.1) is 0 Å². The number of aromatic amines is 1. The number of amides is 1. The molecule has 1 aliphatic rings. The van der Waals surface area contributed by atoms with Crippen molar-refractivity contribution in [2.45, 2.75) is 19.8 Å². The molecular weight excluding hydrogens is 292 g/mol. The largest absolute Gasteiger partial charge is 0.356 e. The van der Waals surface area contributed by atoms with Crippen molar-refractivity contribution in [1.29, 1.82) is 0 Å². The molecule has 3 rings (SSSR count). The first-order chi connectivity index (χ1) is 10.1. The van der Waals surface area contributed by atoms with Crippen LogP contribution in [0.25, 0.3) is 11.0 Å². The number of carbonyl (C=O) groups excluding carboxylic acids is 1. The van der Waals surface area contributed by atoms with Gasteiger partial charge in [0.1, 0.15) is 5.82 Å². The van der Waals surface area contributed by atoms with E-state index in [-0.39, 0.29) is 11.2 Å². The van der Waals surface area contributed by atoms with Crippen molar-refractivity contribution in [1.82, 2.24) is 25.5 Å². The number of rotatable bonds is 3. The molecule has 2 aromatic heterocycles. The summed E-state index contributed by atoms with van der Waals surface area (Å²) in [5, 5.41) is 10.8. The Morgan fingerprint density at radius 1 is 1.48 bits per heavy atom. The van der Waals surface area contributed by atoms with Crippen molar-refractivity contribution in [3.05, 3.63) is 11.5 Å². The highest BCUT2D eigenvalue weighted by Crippen LogP contribution is 2.27. The monoisotopic (exact) mass is 308 g/mol. The number of aromatic nitrogens is 4. The van der Waals surface area contributed by atoms with Crippen LogP contribution in [-0.2, 0) is 4.79 Å². The third-order valence-electron chi connectivity index (χ3n) is 3.82. The first-order valence-corrected chi connectivity index (χ1v) is 7.37. The maximum absolute atomic E-state index is 11.0. The summed E-state index contributed by atoms with van der Waals surface area (Å²) in [7, 11) is 0. The van der Waals surface area contributed by atoms with E-state index in [1.54, 1.807) is 13.1 Å².